The summed E-state index contributed by atoms with van der Waals surface area (Å²) in [5.74, 6) is 0.0822. The van der Waals surface area contributed by atoms with Crippen LogP contribution in [0.4, 0.5) is 11.4 Å². The Labute approximate surface area is 116 Å². The van der Waals surface area contributed by atoms with E-state index in [1.165, 1.54) is 0 Å². The maximum atomic E-state index is 11.9. The number of nitrogens with zero attached hydrogens (tertiary/aromatic N) is 1. The van der Waals surface area contributed by atoms with Crippen molar-refractivity contribution in [2.45, 2.75) is 33.1 Å². The zero-order chi connectivity index (χ0) is 14.1. The average molecular weight is 263 g/mol. The minimum absolute atomic E-state index is 0.0822. The van der Waals surface area contributed by atoms with Gasteiger partial charge in [-0.15, -0.1) is 0 Å². The normalized spacial score (nSPS) is 10.2. The molecule has 0 aromatic heterocycles. The van der Waals surface area contributed by atoms with Gasteiger partial charge in [-0.25, -0.2) is 0 Å². The standard InChI is InChI=1S/C15H25N3O/c1-3-5-10-17-15(19)12-18(11-4-2)14-8-6-13(16)7-9-14/h6-9H,3-5,10-12,16H2,1-2H3,(H,17,19). The molecule has 0 spiro atoms. The van der Waals surface area contributed by atoms with Crippen LogP contribution in [0.3, 0.4) is 0 Å². The van der Waals surface area contributed by atoms with E-state index in [1.54, 1.807) is 0 Å². The Kier molecular flexibility index (Phi) is 6.79. The number of rotatable bonds is 8. The number of amides is 1. The van der Waals surface area contributed by atoms with E-state index < -0.39 is 0 Å². The Morgan fingerprint density at radius 2 is 1.89 bits per heavy atom. The summed E-state index contributed by atoms with van der Waals surface area (Å²) in [5.41, 5.74) is 7.47. The van der Waals surface area contributed by atoms with Crippen LogP contribution < -0.4 is 16.0 Å². The number of benzene rings is 1. The summed E-state index contributed by atoms with van der Waals surface area (Å²) in [4.78, 5) is 13.9. The lowest BCUT2D eigenvalue weighted by atomic mass is 10.2. The Morgan fingerprint density at radius 3 is 2.47 bits per heavy atom. The molecule has 106 valence electrons. The van der Waals surface area contributed by atoms with Crippen LogP contribution in [-0.4, -0.2) is 25.5 Å². The molecule has 1 aromatic rings. The van der Waals surface area contributed by atoms with Crippen LogP contribution in [0.5, 0.6) is 0 Å². The summed E-state index contributed by atoms with van der Waals surface area (Å²) in [6, 6.07) is 7.66. The van der Waals surface area contributed by atoms with Gasteiger partial charge < -0.3 is 16.0 Å². The third-order valence-electron chi connectivity index (χ3n) is 2.94. The maximum absolute atomic E-state index is 11.9. The third kappa shape index (κ3) is 5.64. The van der Waals surface area contributed by atoms with Crippen molar-refractivity contribution in [3.8, 4) is 0 Å². The Balaban J connectivity index is 2.57. The quantitative estimate of drug-likeness (QED) is 0.559. The minimum Gasteiger partial charge on any atom is -0.399 e. The van der Waals surface area contributed by atoms with Crippen LogP contribution in [0.1, 0.15) is 33.1 Å². The molecule has 0 aliphatic heterocycles. The van der Waals surface area contributed by atoms with E-state index in [0.717, 1.165) is 43.7 Å². The van der Waals surface area contributed by atoms with Crippen LogP contribution in [-0.2, 0) is 4.79 Å². The van der Waals surface area contributed by atoms with E-state index in [0.29, 0.717) is 6.54 Å². The Bertz CT molecular complexity index is 375. The first-order valence-corrected chi connectivity index (χ1v) is 7.04. The van der Waals surface area contributed by atoms with Crippen molar-refractivity contribution in [1.29, 1.82) is 0 Å². The molecule has 0 aliphatic carbocycles. The number of carbonyl (C=O) groups is 1. The summed E-state index contributed by atoms with van der Waals surface area (Å²) >= 11 is 0. The lowest BCUT2D eigenvalue weighted by Crippen LogP contribution is -2.38. The highest BCUT2D eigenvalue weighted by Gasteiger charge is 2.10. The molecule has 3 N–H and O–H groups in total. The van der Waals surface area contributed by atoms with E-state index >= 15 is 0 Å². The van der Waals surface area contributed by atoms with Gasteiger partial charge in [0.05, 0.1) is 6.54 Å². The maximum Gasteiger partial charge on any atom is 0.239 e. The van der Waals surface area contributed by atoms with Gasteiger partial charge in [0, 0.05) is 24.5 Å². The predicted octanol–water partition coefficient (Wildman–Crippen LogP) is 2.40. The molecule has 0 unspecified atom stereocenters. The van der Waals surface area contributed by atoms with Gasteiger partial charge in [-0.3, -0.25) is 4.79 Å². The van der Waals surface area contributed by atoms with Crippen LogP contribution >= 0.6 is 0 Å². The second-order valence-electron chi connectivity index (χ2n) is 4.72. The van der Waals surface area contributed by atoms with Crippen LogP contribution in [0.25, 0.3) is 0 Å². The number of carbonyl (C=O) groups excluding carboxylic acids is 1. The number of hydrogen-bond acceptors (Lipinski definition) is 3. The fourth-order valence-corrected chi connectivity index (χ4v) is 1.89. The summed E-state index contributed by atoms with van der Waals surface area (Å²) in [6.45, 7) is 6.26. The second kappa shape index (κ2) is 8.40. The molecule has 0 heterocycles. The van der Waals surface area contributed by atoms with Crippen molar-refractivity contribution in [1.82, 2.24) is 5.32 Å². The summed E-state index contributed by atoms with van der Waals surface area (Å²) < 4.78 is 0. The van der Waals surface area contributed by atoms with Gasteiger partial charge in [-0.2, -0.15) is 0 Å². The molecule has 0 bridgehead atoms. The zero-order valence-corrected chi connectivity index (χ0v) is 12.0. The molecule has 4 nitrogen and oxygen atoms in total. The highest BCUT2D eigenvalue weighted by atomic mass is 16.2. The number of nitrogen functional groups attached to an aromatic ring is 1. The monoisotopic (exact) mass is 263 g/mol. The van der Waals surface area contributed by atoms with E-state index in [9.17, 15) is 4.79 Å². The van der Waals surface area contributed by atoms with Gasteiger partial charge in [0.25, 0.3) is 0 Å². The van der Waals surface area contributed by atoms with Gasteiger partial charge >= 0.3 is 0 Å². The molecular weight excluding hydrogens is 238 g/mol. The summed E-state index contributed by atoms with van der Waals surface area (Å²) in [5, 5.41) is 2.95. The van der Waals surface area contributed by atoms with Gasteiger partial charge in [-0.05, 0) is 37.1 Å². The molecular formula is C15H25N3O. The summed E-state index contributed by atoms with van der Waals surface area (Å²) in [6.07, 6.45) is 3.13. The molecule has 0 atom stereocenters. The van der Waals surface area contributed by atoms with Gasteiger partial charge in [0.1, 0.15) is 0 Å². The first-order chi connectivity index (χ1) is 9.17. The number of nitrogens with two attached hydrogens (primary N) is 1. The van der Waals surface area contributed by atoms with Gasteiger partial charge in [-0.1, -0.05) is 20.3 Å². The topological polar surface area (TPSA) is 58.4 Å². The van der Waals surface area contributed by atoms with E-state index in [-0.39, 0.29) is 5.91 Å². The van der Waals surface area contributed by atoms with Crippen molar-refractivity contribution < 1.29 is 4.79 Å². The smallest absolute Gasteiger partial charge is 0.239 e. The molecule has 1 aromatic carbocycles. The minimum atomic E-state index is 0.0822. The fourth-order valence-electron chi connectivity index (χ4n) is 1.89. The van der Waals surface area contributed by atoms with Crippen LogP contribution in [0, 0.1) is 0 Å². The lowest BCUT2D eigenvalue weighted by Gasteiger charge is -2.23. The first-order valence-electron chi connectivity index (χ1n) is 7.04. The van der Waals surface area contributed by atoms with Crippen molar-refractivity contribution in [3.05, 3.63) is 24.3 Å². The average Bonchev–Trinajstić information content (AvgIpc) is 2.39. The van der Waals surface area contributed by atoms with E-state index in [2.05, 4.69) is 24.1 Å². The van der Waals surface area contributed by atoms with Crippen molar-refractivity contribution in [2.75, 3.05) is 30.3 Å². The van der Waals surface area contributed by atoms with Crippen molar-refractivity contribution in [2.24, 2.45) is 0 Å². The van der Waals surface area contributed by atoms with Crippen molar-refractivity contribution in [3.63, 3.8) is 0 Å². The molecule has 0 aliphatic rings. The highest BCUT2D eigenvalue weighted by Crippen LogP contribution is 2.16. The second-order valence-corrected chi connectivity index (χ2v) is 4.72. The number of anilines is 2. The van der Waals surface area contributed by atoms with Crippen LogP contribution in [0.2, 0.25) is 0 Å². The Morgan fingerprint density at radius 1 is 1.21 bits per heavy atom. The van der Waals surface area contributed by atoms with E-state index in [4.69, 9.17) is 5.73 Å². The number of hydrogen-bond donors (Lipinski definition) is 2. The molecule has 0 saturated heterocycles. The molecule has 4 heteroatoms. The van der Waals surface area contributed by atoms with Gasteiger partial charge in [0.15, 0.2) is 0 Å². The van der Waals surface area contributed by atoms with Crippen LogP contribution in [0.15, 0.2) is 24.3 Å². The zero-order valence-electron chi connectivity index (χ0n) is 12.0. The number of nitrogens with one attached hydrogen (secondary N) is 1. The van der Waals surface area contributed by atoms with Gasteiger partial charge in [0.2, 0.25) is 5.91 Å². The SMILES string of the molecule is CCCCNC(=O)CN(CCC)c1ccc(N)cc1. The number of unbranched alkanes of at least 4 members (excludes halogenated alkanes) is 1. The predicted molar refractivity (Wildman–Crippen MR) is 81.3 cm³/mol. The molecule has 1 amide bonds. The molecule has 0 radical (unpaired) electrons. The third-order valence-corrected chi connectivity index (χ3v) is 2.94. The lowest BCUT2D eigenvalue weighted by molar-refractivity contribution is -0.119. The molecule has 0 saturated carbocycles. The van der Waals surface area contributed by atoms with Crippen molar-refractivity contribution >= 4 is 17.3 Å². The Hall–Kier alpha value is -1.71. The first kappa shape index (κ1) is 15.3. The molecule has 1 rings (SSSR count). The molecule has 19 heavy (non-hydrogen) atoms. The highest BCUT2D eigenvalue weighted by molar-refractivity contribution is 5.81. The summed E-state index contributed by atoms with van der Waals surface area (Å²) in [7, 11) is 0. The fraction of sp³-hybridized carbons (Fsp3) is 0.533. The molecule has 0 fully saturated rings. The van der Waals surface area contributed by atoms with E-state index in [1.807, 2.05) is 24.3 Å². The largest absolute Gasteiger partial charge is 0.399 e.